The summed E-state index contributed by atoms with van der Waals surface area (Å²) in [6.07, 6.45) is 29.1. The number of hydrogen-bond acceptors (Lipinski definition) is 2. The van der Waals surface area contributed by atoms with Crippen LogP contribution in [0, 0.1) is 0 Å². The molecule has 204 valence electrons. The number of carbonyl (C=O) groups is 1. The first-order chi connectivity index (χ1) is 17.6. The van der Waals surface area contributed by atoms with E-state index in [4.69, 9.17) is 0 Å². The molecule has 0 radical (unpaired) electrons. The summed E-state index contributed by atoms with van der Waals surface area (Å²) in [5.41, 5.74) is 3.39. The Hall–Kier alpha value is -1.51. The first kappa shape index (κ1) is 29.1. The minimum atomic E-state index is -0.733. The van der Waals surface area contributed by atoms with Crippen LogP contribution in [-0.4, -0.2) is 16.2 Å². The van der Waals surface area contributed by atoms with Crippen molar-refractivity contribution in [2.75, 3.05) is 0 Å². The fourth-order valence-corrected chi connectivity index (χ4v) is 6.71. The number of aryl methyl sites for hydroxylation is 1. The second-order valence-corrected chi connectivity index (χ2v) is 11.9. The minimum absolute atomic E-state index is 0.166. The molecule has 3 nitrogen and oxygen atoms in total. The predicted octanol–water partition coefficient (Wildman–Crippen LogP) is 10.2. The number of carboxylic acid groups (broad SMARTS) is 1. The van der Waals surface area contributed by atoms with E-state index in [0.717, 1.165) is 42.4 Å². The molecule has 2 aliphatic carbocycles. The molecule has 2 saturated carbocycles. The molecule has 0 amide bonds. The molecule has 0 saturated heterocycles. The third kappa shape index (κ3) is 10.5. The summed E-state index contributed by atoms with van der Waals surface area (Å²) in [5, 5.41) is 21.1. The highest BCUT2D eigenvalue weighted by atomic mass is 16.4. The largest absolute Gasteiger partial charge is 0.507 e. The van der Waals surface area contributed by atoms with E-state index < -0.39 is 5.97 Å². The van der Waals surface area contributed by atoms with Crippen LogP contribution in [0.25, 0.3) is 0 Å². The lowest BCUT2D eigenvalue weighted by Gasteiger charge is -2.26. The van der Waals surface area contributed by atoms with Gasteiger partial charge in [0.05, 0.1) is 0 Å². The maximum Gasteiger partial charge on any atom is 0.303 e. The Kier molecular flexibility index (Phi) is 13.8. The van der Waals surface area contributed by atoms with E-state index in [-0.39, 0.29) is 6.42 Å². The van der Waals surface area contributed by atoms with Crippen LogP contribution < -0.4 is 0 Å². The topological polar surface area (TPSA) is 57.5 Å². The van der Waals surface area contributed by atoms with Crippen LogP contribution >= 0.6 is 0 Å². The Morgan fingerprint density at radius 3 is 1.19 bits per heavy atom. The van der Waals surface area contributed by atoms with E-state index in [1.165, 1.54) is 116 Å². The van der Waals surface area contributed by atoms with E-state index in [9.17, 15) is 15.0 Å². The summed E-state index contributed by atoms with van der Waals surface area (Å²) in [7, 11) is 0. The van der Waals surface area contributed by atoms with Gasteiger partial charge in [0.1, 0.15) is 5.75 Å². The van der Waals surface area contributed by atoms with Crippen LogP contribution in [0.15, 0.2) is 12.1 Å². The van der Waals surface area contributed by atoms with Crippen molar-refractivity contribution in [2.24, 2.45) is 0 Å². The molecule has 0 atom stereocenters. The Morgan fingerprint density at radius 1 is 0.583 bits per heavy atom. The molecule has 2 N–H and O–H groups in total. The summed E-state index contributed by atoms with van der Waals surface area (Å²) in [6.45, 7) is 0. The van der Waals surface area contributed by atoms with E-state index in [0.29, 0.717) is 24.0 Å². The van der Waals surface area contributed by atoms with Crippen molar-refractivity contribution in [3.8, 4) is 5.75 Å². The van der Waals surface area contributed by atoms with E-state index in [1.807, 2.05) is 0 Å². The zero-order valence-electron chi connectivity index (χ0n) is 23.1. The summed E-state index contributed by atoms with van der Waals surface area (Å²) < 4.78 is 0. The van der Waals surface area contributed by atoms with Crippen LogP contribution in [0.5, 0.6) is 5.75 Å². The third-order valence-corrected chi connectivity index (χ3v) is 8.95. The van der Waals surface area contributed by atoms with Gasteiger partial charge in [-0.3, -0.25) is 4.79 Å². The van der Waals surface area contributed by atoms with Gasteiger partial charge in [0.2, 0.25) is 0 Å². The average molecular weight is 499 g/mol. The first-order valence-corrected chi connectivity index (χ1v) is 15.7. The lowest BCUT2D eigenvalue weighted by Crippen LogP contribution is -2.08. The number of phenols is 1. The molecule has 36 heavy (non-hydrogen) atoms. The summed E-state index contributed by atoms with van der Waals surface area (Å²) >= 11 is 0. The second-order valence-electron chi connectivity index (χ2n) is 11.9. The Labute approximate surface area is 221 Å². The molecule has 0 unspecified atom stereocenters. The molecule has 0 aromatic heterocycles. The SMILES string of the molecule is O=C(O)CCc1cc(C2CCCCCCCCCCC2)c(O)c(C2CCCCCCCCCCC2)c1. The van der Waals surface area contributed by atoms with E-state index in [2.05, 4.69) is 12.1 Å². The van der Waals surface area contributed by atoms with Crippen LogP contribution in [0.2, 0.25) is 0 Å². The average Bonchev–Trinajstić information content (AvgIpc) is 2.84. The molecule has 0 heterocycles. The molecule has 0 bridgehead atoms. The number of carboxylic acids is 1. The van der Waals surface area contributed by atoms with Crippen molar-refractivity contribution in [1.82, 2.24) is 0 Å². The molecule has 0 aliphatic heterocycles. The highest BCUT2D eigenvalue weighted by Gasteiger charge is 2.23. The summed E-state index contributed by atoms with van der Waals surface area (Å²) in [4.78, 5) is 11.4. The second kappa shape index (κ2) is 17.1. The van der Waals surface area contributed by atoms with Gasteiger partial charge >= 0.3 is 5.97 Å². The number of benzene rings is 1. The van der Waals surface area contributed by atoms with Crippen molar-refractivity contribution in [3.05, 3.63) is 28.8 Å². The van der Waals surface area contributed by atoms with E-state index >= 15 is 0 Å². The van der Waals surface area contributed by atoms with Crippen molar-refractivity contribution in [1.29, 1.82) is 0 Å². The van der Waals surface area contributed by atoms with Crippen LogP contribution in [0.3, 0.4) is 0 Å². The summed E-state index contributed by atoms with van der Waals surface area (Å²) in [6, 6.07) is 4.38. The van der Waals surface area contributed by atoms with Gasteiger partial charge in [-0.15, -0.1) is 0 Å². The van der Waals surface area contributed by atoms with Crippen molar-refractivity contribution >= 4 is 5.97 Å². The number of aromatic hydroxyl groups is 1. The molecular formula is C33H54O3. The lowest BCUT2D eigenvalue weighted by molar-refractivity contribution is -0.136. The highest BCUT2D eigenvalue weighted by molar-refractivity contribution is 5.67. The monoisotopic (exact) mass is 498 g/mol. The third-order valence-electron chi connectivity index (χ3n) is 8.95. The minimum Gasteiger partial charge on any atom is -0.507 e. The van der Waals surface area contributed by atoms with Crippen molar-refractivity contribution < 1.29 is 15.0 Å². The lowest BCUT2D eigenvalue weighted by atomic mass is 9.80. The fourth-order valence-electron chi connectivity index (χ4n) is 6.71. The van der Waals surface area contributed by atoms with Gasteiger partial charge < -0.3 is 10.2 Å². The maximum atomic E-state index is 11.8. The smallest absolute Gasteiger partial charge is 0.303 e. The van der Waals surface area contributed by atoms with Gasteiger partial charge in [-0.1, -0.05) is 128 Å². The molecule has 1 aromatic carbocycles. The number of hydrogen-bond donors (Lipinski definition) is 2. The zero-order valence-corrected chi connectivity index (χ0v) is 23.1. The Bertz CT molecular complexity index is 680. The van der Waals surface area contributed by atoms with Gasteiger partial charge in [0.15, 0.2) is 0 Å². The van der Waals surface area contributed by atoms with Gasteiger partial charge in [-0.25, -0.2) is 0 Å². The molecule has 1 aromatic rings. The van der Waals surface area contributed by atoms with Crippen molar-refractivity contribution in [2.45, 2.75) is 166 Å². The van der Waals surface area contributed by atoms with Crippen molar-refractivity contribution in [3.63, 3.8) is 0 Å². The Balaban J connectivity index is 1.87. The molecule has 0 spiro atoms. The molecule has 2 fully saturated rings. The van der Waals surface area contributed by atoms with Crippen LogP contribution in [0.4, 0.5) is 0 Å². The fraction of sp³-hybridized carbons (Fsp3) is 0.788. The number of rotatable bonds is 5. The summed E-state index contributed by atoms with van der Waals surface area (Å²) in [5.74, 6) is 0.629. The van der Waals surface area contributed by atoms with Crippen LogP contribution in [0.1, 0.15) is 176 Å². The number of phenolic OH excluding ortho intramolecular Hbond substituents is 1. The number of aliphatic carboxylic acids is 1. The van der Waals surface area contributed by atoms with E-state index in [1.54, 1.807) is 0 Å². The standard InChI is InChI=1S/C33H54O3/c34-32(35)24-23-27-25-30(28-19-15-11-7-3-1-4-8-12-16-20-28)33(36)31(26-27)29-21-17-13-9-5-2-6-10-14-18-22-29/h25-26,28-29,36H,1-24H2,(H,34,35). The molecular weight excluding hydrogens is 444 g/mol. The predicted molar refractivity (Wildman–Crippen MR) is 151 cm³/mol. The van der Waals surface area contributed by atoms with Gasteiger partial charge in [-0.2, -0.15) is 0 Å². The first-order valence-electron chi connectivity index (χ1n) is 15.7. The van der Waals surface area contributed by atoms with Crippen LogP contribution in [-0.2, 0) is 11.2 Å². The zero-order chi connectivity index (χ0) is 25.4. The quantitative estimate of drug-likeness (QED) is 0.424. The molecule has 3 rings (SSSR count). The Morgan fingerprint density at radius 2 is 0.889 bits per heavy atom. The molecule has 2 aliphatic rings. The van der Waals surface area contributed by atoms with Gasteiger partial charge in [-0.05, 0) is 60.6 Å². The van der Waals surface area contributed by atoms with Gasteiger partial charge in [0, 0.05) is 6.42 Å². The van der Waals surface area contributed by atoms with Gasteiger partial charge in [0.25, 0.3) is 0 Å². The highest BCUT2D eigenvalue weighted by Crippen LogP contribution is 2.43. The molecule has 3 heteroatoms. The normalized spacial score (nSPS) is 21.4. The maximum absolute atomic E-state index is 11.8.